The summed E-state index contributed by atoms with van der Waals surface area (Å²) in [6.07, 6.45) is 3.41. The van der Waals surface area contributed by atoms with Crippen molar-refractivity contribution in [3.8, 4) is 0 Å². The van der Waals surface area contributed by atoms with Gasteiger partial charge in [-0.3, -0.25) is 4.90 Å². The highest BCUT2D eigenvalue weighted by molar-refractivity contribution is 5.11. The molecule has 126 valence electrons. The van der Waals surface area contributed by atoms with Crippen LogP contribution < -0.4 is 0 Å². The van der Waals surface area contributed by atoms with Crippen molar-refractivity contribution in [1.29, 1.82) is 0 Å². The Hall–Kier alpha value is -1.70. The first kappa shape index (κ1) is 16.2. The molecule has 1 saturated heterocycles. The predicted molar refractivity (Wildman–Crippen MR) is 83.4 cm³/mol. The Kier molecular flexibility index (Phi) is 4.52. The van der Waals surface area contributed by atoms with Gasteiger partial charge in [0.25, 0.3) is 0 Å². The highest BCUT2D eigenvalue weighted by Crippen LogP contribution is 2.31. The van der Waals surface area contributed by atoms with Gasteiger partial charge in [-0.2, -0.15) is 0 Å². The number of furan rings is 1. The zero-order valence-electron chi connectivity index (χ0n) is 13.6. The predicted octanol–water partition coefficient (Wildman–Crippen LogP) is 1.43. The van der Waals surface area contributed by atoms with E-state index in [1.165, 1.54) is 0 Å². The standard InChI is InChI=1S/C16H24N4O3/c1-12(2)20-9-15(17-18-20)16(22)6-3-7-19(11-16)8-13-4-5-14(10-21)23-13/h4-5,9,12,21-22H,3,6-8,10-11H2,1-2H3/t16-/m1/s1. The molecule has 3 heterocycles. The third-order valence-electron chi connectivity index (χ3n) is 4.32. The molecule has 3 rings (SSSR count). The minimum Gasteiger partial charge on any atom is -0.462 e. The molecule has 0 unspecified atom stereocenters. The molecule has 0 bridgehead atoms. The summed E-state index contributed by atoms with van der Waals surface area (Å²) in [6, 6.07) is 3.87. The molecule has 0 aromatic carbocycles. The number of hydrogen-bond donors (Lipinski definition) is 2. The lowest BCUT2D eigenvalue weighted by Crippen LogP contribution is -2.45. The zero-order valence-corrected chi connectivity index (χ0v) is 13.6. The Morgan fingerprint density at radius 3 is 2.78 bits per heavy atom. The molecule has 2 aromatic rings. The van der Waals surface area contributed by atoms with Crippen LogP contribution in [0.3, 0.4) is 0 Å². The third-order valence-corrected chi connectivity index (χ3v) is 4.32. The van der Waals surface area contributed by atoms with Gasteiger partial charge in [-0.15, -0.1) is 5.10 Å². The van der Waals surface area contributed by atoms with Crippen molar-refractivity contribution in [2.45, 2.75) is 51.5 Å². The number of hydrogen-bond acceptors (Lipinski definition) is 6. The van der Waals surface area contributed by atoms with Crippen LogP contribution in [0.25, 0.3) is 0 Å². The third kappa shape index (κ3) is 3.46. The van der Waals surface area contributed by atoms with E-state index in [9.17, 15) is 5.11 Å². The Bertz CT molecular complexity index is 651. The van der Waals surface area contributed by atoms with Gasteiger partial charge in [0.15, 0.2) is 0 Å². The van der Waals surface area contributed by atoms with Crippen LogP contribution in [0.5, 0.6) is 0 Å². The first-order valence-electron chi connectivity index (χ1n) is 8.06. The van der Waals surface area contributed by atoms with Crippen LogP contribution in [0.1, 0.15) is 49.9 Å². The van der Waals surface area contributed by atoms with Gasteiger partial charge < -0.3 is 14.6 Å². The molecule has 1 aliphatic heterocycles. The first-order chi connectivity index (χ1) is 11.0. The SMILES string of the molecule is CC(C)n1cc([C@@]2(O)CCCN(Cc3ccc(CO)o3)C2)nn1. The maximum Gasteiger partial charge on any atom is 0.129 e. The summed E-state index contributed by atoms with van der Waals surface area (Å²) in [5, 5.41) is 28.4. The van der Waals surface area contributed by atoms with Crippen LogP contribution in [0.2, 0.25) is 0 Å². The van der Waals surface area contributed by atoms with Crippen LogP contribution in [0, 0.1) is 0 Å². The minimum atomic E-state index is -0.974. The molecule has 2 N–H and O–H groups in total. The van der Waals surface area contributed by atoms with Crippen molar-refractivity contribution >= 4 is 0 Å². The van der Waals surface area contributed by atoms with Crippen LogP contribution in [-0.4, -0.2) is 43.2 Å². The van der Waals surface area contributed by atoms with Gasteiger partial charge >= 0.3 is 0 Å². The van der Waals surface area contributed by atoms with Gasteiger partial charge in [0.2, 0.25) is 0 Å². The molecule has 0 saturated carbocycles. The van der Waals surface area contributed by atoms with E-state index >= 15 is 0 Å². The lowest BCUT2D eigenvalue weighted by Gasteiger charge is -2.37. The van der Waals surface area contributed by atoms with Crippen LogP contribution in [0.15, 0.2) is 22.7 Å². The summed E-state index contributed by atoms with van der Waals surface area (Å²) in [4.78, 5) is 2.15. The summed E-state index contributed by atoms with van der Waals surface area (Å²) in [6.45, 7) is 5.98. The minimum absolute atomic E-state index is 0.0950. The Labute approximate surface area is 135 Å². The number of aliphatic hydroxyl groups is 2. The van der Waals surface area contributed by atoms with Crippen LogP contribution in [-0.2, 0) is 18.8 Å². The molecule has 7 heteroatoms. The quantitative estimate of drug-likeness (QED) is 0.866. The number of piperidine rings is 1. The molecule has 0 amide bonds. The number of aliphatic hydroxyl groups excluding tert-OH is 1. The van der Waals surface area contributed by atoms with E-state index in [1.54, 1.807) is 10.7 Å². The molecular formula is C16H24N4O3. The lowest BCUT2D eigenvalue weighted by molar-refractivity contribution is -0.0430. The number of β-amino-alcohol motifs (C(OH)–C–C–N with tert-alkyl or cyclic N) is 1. The second kappa shape index (κ2) is 6.43. The topological polar surface area (TPSA) is 87.5 Å². The average molecular weight is 320 g/mol. The van der Waals surface area contributed by atoms with E-state index < -0.39 is 5.60 Å². The summed E-state index contributed by atoms with van der Waals surface area (Å²) < 4.78 is 7.31. The summed E-state index contributed by atoms with van der Waals surface area (Å²) in [5.74, 6) is 1.36. The molecule has 2 aromatic heterocycles. The van der Waals surface area contributed by atoms with E-state index in [1.807, 2.05) is 26.1 Å². The van der Waals surface area contributed by atoms with Crippen molar-refractivity contribution in [3.63, 3.8) is 0 Å². The molecule has 23 heavy (non-hydrogen) atoms. The number of rotatable bonds is 5. The maximum absolute atomic E-state index is 11.0. The molecule has 1 fully saturated rings. The van der Waals surface area contributed by atoms with E-state index in [4.69, 9.17) is 9.52 Å². The Morgan fingerprint density at radius 1 is 1.35 bits per heavy atom. The van der Waals surface area contributed by atoms with E-state index in [0.717, 1.165) is 18.7 Å². The summed E-state index contributed by atoms with van der Waals surface area (Å²) >= 11 is 0. The highest BCUT2D eigenvalue weighted by atomic mass is 16.4. The molecule has 0 spiro atoms. The van der Waals surface area contributed by atoms with Crippen LogP contribution >= 0.6 is 0 Å². The van der Waals surface area contributed by atoms with E-state index in [2.05, 4.69) is 15.2 Å². The van der Waals surface area contributed by atoms with Crippen molar-refractivity contribution in [2.75, 3.05) is 13.1 Å². The second-order valence-corrected chi connectivity index (χ2v) is 6.55. The highest BCUT2D eigenvalue weighted by Gasteiger charge is 2.37. The van der Waals surface area contributed by atoms with Crippen LogP contribution in [0.4, 0.5) is 0 Å². The van der Waals surface area contributed by atoms with Gasteiger partial charge in [-0.25, -0.2) is 4.68 Å². The van der Waals surface area contributed by atoms with E-state index in [0.29, 0.717) is 31.0 Å². The fraction of sp³-hybridized carbons (Fsp3) is 0.625. The normalized spacial score (nSPS) is 22.8. The molecule has 1 aliphatic rings. The smallest absolute Gasteiger partial charge is 0.129 e. The van der Waals surface area contributed by atoms with Gasteiger partial charge in [0.1, 0.15) is 29.4 Å². The van der Waals surface area contributed by atoms with Crippen molar-refractivity contribution in [3.05, 3.63) is 35.5 Å². The van der Waals surface area contributed by atoms with Gasteiger partial charge in [-0.05, 0) is 45.4 Å². The summed E-state index contributed by atoms with van der Waals surface area (Å²) in [7, 11) is 0. The largest absolute Gasteiger partial charge is 0.462 e. The van der Waals surface area contributed by atoms with Gasteiger partial charge in [0.05, 0.1) is 12.7 Å². The zero-order chi connectivity index (χ0) is 16.4. The number of likely N-dealkylation sites (tertiary alicyclic amines) is 1. The average Bonchev–Trinajstić information content (AvgIpc) is 3.16. The van der Waals surface area contributed by atoms with Gasteiger partial charge in [0, 0.05) is 12.6 Å². The summed E-state index contributed by atoms with van der Waals surface area (Å²) in [5.41, 5.74) is -0.343. The van der Waals surface area contributed by atoms with E-state index in [-0.39, 0.29) is 12.6 Å². The molecule has 7 nitrogen and oxygen atoms in total. The maximum atomic E-state index is 11.0. The fourth-order valence-electron chi connectivity index (χ4n) is 3.02. The lowest BCUT2D eigenvalue weighted by atomic mass is 9.90. The van der Waals surface area contributed by atoms with Gasteiger partial charge in [-0.1, -0.05) is 5.21 Å². The second-order valence-electron chi connectivity index (χ2n) is 6.55. The molecule has 1 atom stereocenters. The molecule has 0 aliphatic carbocycles. The van der Waals surface area contributed by atoms with Crippen molar-refractivity contribution < 1.29 is 14.6 Å². The Morgan fingerprint density at radius 2 is 2.13 bits per heavy atom. The number of nitrogens with zero attached hydrogens (tertiary/aromatic N) is 4. The number of aromatic nitrogens is 3. The molecular weight excluding hydrogens is 296 g/mol. The fourth-order valence-corrected chi connectivity index (χ4v) is 3.02. The molecule has 0 radical (unpaired) electrons. The Balaban J connectivity index is 1.70. The first-order valence-corrected chi connectivity index (χ1v) is 8.06. The van der Waals surface area contributed by atoms with Crippen molar-refractivity contribution in [1.82, 2.24) is 19.9 Å². The monoisotopic (exact) mass is 320 g/mol. The van der Waals surface area contributed by atoms with Crippen molar-refractivity contribution in [2.24, 2.45) is 0 Å².